The van der Waals surface area contributed by atoms with Crippen molar-refractivity contribution in [3.05, 3.63) is 29.8 Å². The molecule has 0 aliphatic carbocycles. The van der Waals surface area contributed by atoms with Crippen molar-refractivity contribution in [1.29, 1.82) is 0 Å². The summed E-state index contributed by atoms with van der Waals surface area (Å²) in [6, 6.07) is 8.92. The van der Waals surface area contributed by atoms with Crippen LogP contribution in [0.15, 0.2) is 24.3 Å². The molecule has 1 aromatic carbocycles. The second-order valence-electron chi connectivity index (χ2n) is 5.00. The quantitative estimate of drug-likeness (QED) is 0.549. The Morgan fingerprint density at radius 1 is 1.07 bits per heavy atom. The van der Waals surface area contributed by atoms with Crippen LogP contribution in [0.5, 0.6) is 0 Å². The van der Waals surface area contributed by atoms with E-state index in [2.05, 4.69) is 50.8 Å². The summed E-state index contributed by atoms with van der Waals surface area (Å²) in [7, 11) is -1.14. The molecule has 0 aliphatic rings. The van der Waals surface area contributed by atoms with E-state index in [9.17, 15) is 0 Å². The third kappa shape index (κ3) is 4.18. The van der Waals surface area contributed by atoms with Gasteiger partial charge in [0.2, 0.25) is 0 Å². The Kier molecular flexibility index (Phi) is 4.55. The van der Waals surface area contributed by atoms with Gasteiger partial charge in [0.1, 0.15) is 0 Å². The Bertz CT molecular complexity index is 284. The first-order chi connectivity index (χ1) is 7.04. The molecule has 0 spiro atoms. The first kappa shape index (κ1) is 12.5. The lowest BCUT2D eigenvalue weighted by Gasteiger charge is -2.16. The normalized spacial score (nSPS) is 11.7. The highest BCUT2D eigenvalue weighted by Gasteiger charge is 2.15. The van der Waals surface area contributed by atoms with Crippen molar-refractivity contribution >= 4 is 13.3 Å². The van der Waals surface area contributed by atoms with Crippen molar-refractivity contribution in [2.45, 2.75) is 39.6 Å². The Morgan fingerprint density at radius 2 is 1.67 bits per heavy atom. The predicted octanol–water partition coefficient (Wildman–Crippen LogP) is 3.16. The van der Waals surface area contributed by atoms with Crippen LogP contribution in [0, 0.1) is 0 Å². The van der Waals surface area contributed by atoms with Crippen LogP contribution >= 0.6 is 0 Å². The van der Waals surface area contributed by atoms with Gasteiger partial charge in [-0.2, -0.15) is 0 Å². The van der Waals surface area contributed by atoms with Crippen LogP contribution in [0.4, 0.5) is 0 Å². The van der Waals surface area contributed by atoms with E-state index in [1.54, 1.807) is 0 Å². The lowest BCUT2D eigenvalue weighted by molar-refractivity contribution is 0.121. The van der Waals surface area contributed by atoms with Crippen LogP contribution < -0.4 is 5.19 Å². The zero-order chi connectivity index (χ0) is 11.3. The number of benzene rings is 1. The minimum Gasteiger partial charge on any atom is -0.377 e. The summed E-state index contributed by atoms with van der Waals surface area (Å²) >= 11 is 0. The molecule has 1 rings (SSSR count). The monoisotopic (exact) mass is 222 g/mol. The van der Waals surface area contributed by atoms with Crippen molar-refractivity contribution in [3.8, 4) is 0 Å². The van der Waals surface area contributed by atoms with E-state index in [1.807, 2.05) is 0 Å². The molecule has 0 atom stereocenters. The first-order valence-corrected chi connectivity index (χ1v) is 9.21. The fraction of sp³-hybridized carbons (Fsp3) is 0.538. The molecular weight excluding hydrogens is 200 g/mol. The lowest BCUT2D eigenvalue weighted by Crippen LogP contribution is -2.37. The summed E-state index contributed by atoms with van der Waals surface area (Å²) in [5.74, 6) is 0. The number of hydrogen-bond donors (Lipinski definition) is 0. The molecule has 0 radical (unpaired) electrons. The molecule has 0 bridgehead atoms. The van der Waals surface area contributed by atoms with E-state index in [0.29, 0.717) is 0 Å². The predicted molar refractivity (Wildman–Crippen MR) is 69.4 cm³/mol. The van der Waals surface area contributed by atoms with Gasteiger partial charge in [-0.15, -0.1) is 0 Å². The zero-order valence-electron chi connectivity index (χ0n) is 10.3. The van der Waals surface area contributed by atoms with Crippen molar-refractivity contribution < 1.29 is 4.74 Å². The molecule has 0 unspecified atom stereocenters. The fourth-order valence-electron chi connectivity index (χ4n) is 1.44. The highest BCUT2D eigenvalue weighted by Crippen LogP contribution is 2.05. The van der Waals surface area contributed by atoms with Gasteiger partial charge in [-0.1, -0.05) is 56.0 Å². The molecular formula is C13H22OSi. The fourth-order valence-corrected chi connectivity index (χ4v) is 2.60. The van der Waals surface area contributed by atoms with Gasteiger partial charge < -0.3 is 4.74 Å². The van der Waals surface area contributed by atoms with Crippen molar-refractivity contribution in [3.63, 3.8) is 0 Å². The topological polar surface area (TPSA) is 9.23 Å². The van der Waals surface area contributed by atoms with E-state index in [1.165, 1.54) is 10.8 Å². The third-order valence-corrected chi connectivity index (χ3v) is 4.50. The van der Waals surface area contributed by atoms with E-state index < -0.39 is 8.07 Å². The molecule has 1 aromatic rings. The molecule has 0 aliphatic heterocycles. The van der Waals surface area contributed by atoms with Crippen LogP contribution in [0.25, 0.3) is 0 Å². The minimum atomic E-state index is -1.14. The average molecular weight is 222 g/mol. The average Bonchev–Trinajstić information content (AvgIpc) is 2.18. The van der Waals surface area contributed by atoms with Crippen LogP contribution in [-0.2, 0) is 11.3 Å². The second-order valence-corrected chi connectivity index (χ2v) is 10.1. The Hall–Kier alpha value is -0.603. The second kappa shape index (κ2) is 5.47. The number of ether oxygens (including phenoxy) is 1. The van der Waals surface area contributed by atoms with E-state index in [0.717, 1.165) is 19.6 Å². The SMILES string of the molecule is CCCOCc1ccc([Si](C)(C)C)cc1. The van der Waals surface area contributed by atoms with Crippen molar-refractivity contribution in [1.82, 2.24) is 0 Å². The highest BCUT2D eigenvalue weighted by atomic mass is 28.3. The largest absolute Gasteiger partial charge is 0.377 e. The Morgan fingerprint density at radius 3 is 2.13 bits per heavy atom. The minimum absolute atomic E-state index is 0.750. The Labute approximate surface area is 94.5 Å². The van der Waals surface area contributed by atoms with Crippen molar-refractivity contribution in [2.24, 2.45) is 0 Å². The molecule has 0 saturated carbocycles. The molecule has 15 heavy (non-hydrogen) atoms. The zero-order valence-corrected chi connectivity index (χ0v) is 11.3. The molecule has 0 fully saturated rings. The van der Waals surface area contributed by atoms with Crippen molar-refractivity contribution in [2.75, 3.05) is 6.61 Å². The molecule has 0 N–H and O–H groups in total. The number of hydrogen-bond acceptors (Lipinski definition) is 1. The summed E-state index contributed by atoms with van der Waals surface area (Å²) in [5, 5.41) is 1.52. The van der Waals surface area contributed by atoms with E-state index in [-0.39, 0.29) is 0 Å². The van der Waals surface area contributed by atoms with Gasteiger partial charge in [-0.25, -0.2) is 0 Å². The molecule has 84 valence electrons. The lowest BCUT2D eigenvalue weighted by atomic mass is 10.2. The van der Waals surface area contributed by atoms with Gasteiger partial charge in [0.05, 0.1) is 14.7 Å². The van der Waals surface area contributed by atoms with Crippen LogP contribution in [-0.4, -0.2) is 14.7 Å². The van der Waals surface area contributed by atoms with Gasteiger partial charge in [-0.05, 0) is 12.0 Å². The smallest absolute Gasteiger partial charge is 0.0775 e. The maximum atomic E-state index is 5.51. The van der Waals surface area contributed by atoms with Gasteiger partial charge in [0, 0.05) is 6.61 Å². The number of rotatable bonds is 5. The molecule has 0 aromatic heterocycles. The first-order valence-electron chi connectivity index (χ1n) is 5.71. The molecule has 1 nitrogen and oxygen atoms in total. The molecule has 0 amide bonds. The van der Waals surface area contributed by atoms with Gasteiger partial charge in [0.25, 0.3) is 0 Å². The summed E-state index contributed by atoms with van der Waals surface area (Å²) in [6.07, 6.45) is 1.09. The third-order valence-electron chi connectivity index (χ3n) is 2.44. The molecule has 0 saturated heterocycles. The summed E-state index contributed by atoms with van der Waals surface area (Å²) in [5.41, 5.74) is 1.28. The van der Waals surface area contributed by atoms with E-state index in [4.69, 9.17) is 4.74 Å². The van der Waals surface area contributed by atoms with Gasteiger partial charge in [-0.3, -0.25) is 0 Å². The van der Waals surface area contributed by atoms with E-state index >= 15 is 0 Å². The summed E-state index contributed by atoms with van der Waals surface area (Å²) < 4.78 is 5.51. The van der Waals surface area contributed by atoms with Crippen LogP contribution in [0.1, 0.15) is 18.9 Å². The Balaban J connectivity index is 2.57. The maximum absolute atomic E-state index is 5.51. The maximum Gasteiger partial charge on any atom is 0.0775 e. The summed E-state index contributed by atoms with van der Waals surface area (Å²) in [6.45, 7) is 10.9. The van der Waals surface area contributed by atoms with Crippen LogP contribution in [0.3, 0.4) is 0 Å². The highest BCUT2D eigenvalue weighted by molar-refractivity contribution is 6.88. The van der Waals surface area contributed by atoms with Crippen LogP contribution in [0.2, 0.25) is 19.6 Å². The van der Waals surface area contributed by atoms with Gasteiger partial charge >= 0.3 is 0 Å². The van der Waals surface area contributed by atoms with Gasteiger partial charge in [0.15, 0.2) is 0 Å². The standard InChI is InChI=1S/C13H22OSi/c1-5-10-14-11-12-6-8-13(9-7-12)15(2,3)4/h6-9H,5,10-11H2,1-4H3. The summed E-state index contributed by atoms with van der Waals surface area (Å²) in [4.78, 5) is 0. The molecule has 2 heteroatoms. The molecule has 0 heterocycles.